The summed E-state index contributed by atoms with van der Waals surface area (Å²) < 4.78 is 11.3. The molecule has 3 rings (SSSR count). The highest BCUT2D eigenvalue weighted by atomic mass is 16.6. The number of carboxylic acid groups (broad SMARTS) is 1. The van der Waals surface area contributed by atoms with Crippen LogP contribution in [0.5, 0.6) is 0 Å². The number of carbonyl (C=O) groups is 2. The molecule has 1 aliphatic heterocycles. The van der Waals surface area contributed by atoms with E-state index in [0.29, 0.717) is 5.92 Å². The molecule has 6 heteroatoms. The maximum absolute atomic E-state index is 12.6. The fourth-order valence-corrected chi connectivity index (χ4v) is 4.13. The molecule has 0 aromatic heterocycles. The van der Waals surface area contributed by atoms with Gasteiger partial charge in [0, 0.05) is 5.92 Å². The molecule has 0 aromatic rings. The summed E-state index contributed by atoms with van der Waals surface area (Å²) in [6.45, 7) is 5.40. The number of aliphatic carboxylic acids is 1. The van der Waals surface area contributed by atoms with Crippen LogP contribution in [0.15, 0.2) is 0 Å². The topological polar surface area (TPSA) is 76.1 Å². The Labute approximate surface area is 124 Å². The van der Waals surface area contributed by atoms with E-state index in [1.54, 1.807) is 20.8 Å². The van der Waals surface area contributed by atoms with Gasteiger partial charge in [0.1, 0.15) is 5.60 Å². The van der Waals surface area contributed by atoms with Gasteiger partial charge in [0.15, 0.2) is 11.8 Å². The zero-order valence-electron chi connectivity index (χ0n) is 12.8. The highest BCUT2D eigenvalue weighted by molar-refractivity contribution is 5.81. The molecular formula is C15H23NO5. The van der Waals surface area contributed by atoms with Crippen LogP contribution in [0.3, 0.4) is 0 Å². The first kappa shape index (κ1) is 14.6. The minimum atomic E-state index is -1.03. The number of carboxylic acids is 1. The van der Waals surface area contributed by atoms with E-state index in [9.17, 15) is 14.7 Å². The minimum Gasteiger partial charge on any atom is -0.480 e. The van der Waals surface area contributed by atoms with Crippen LogP contribution in [0.2, 0.25) is 0 Å². The van der Waals surface area contributed by atoms with Crippen molar-refractivity contribution in [3.63, 3.8) is 0 Å². The lowest BCUT2D eigenvalue weighted by molar-refractivity contribution is -0.147. The van der Waals surface area contributed by atoms with Crippen molar-refractivity contribution in [1.29, 1.82) is 0 Å². The number of ether oxygens (including phenoxy) is 2. The molecule has 3 aliphatic rings. The maximum atomic E-state index is 12.6. The second-order valence-corrected chi connectivity index (χ2v) is 7.44. The second kappa shape index (κ2) is 4.60. The molecular weight excluding hydrogens is 274 g/mol. The number of rotatable bonds is 1. The minimum absolute atomic E-state index is 0.0534. The van der Waals surface area contributed by atoms with Gasteiger partial charge in [0.25, 0.3) is 0 Å². The standard InChI is InChI=1S/C15H23NO5/c1-14(2,3)21-13(19)16-11(12(17)18)8-20-15(16)7-9-4-5-10(15)6-9/h9-11H,4-8H2,1-3H3,(H,17,18). The van der Waals surface area contributed by atoms with E-state index in [4.69, 9.17) is 9.47 Å². The van der Waals surface area contributed by atoms with Gasteiger partial charge < -0.3 is 14.6 Å². The molecule has 21 heavy (non-hydrogen) atoms. The molecule has 0 radical (unpaired) electrons. The molecule has 0 aromatic carbocycles. The Morgan fingerprint density at radius 2 is 2.05 bits per heavy atom. The van der Waals surface area contributed by atoms with Crippen LogP contribution in [0.25, 0.3) is 0 Å². The van der Waals surface area contributed by atoms with Crippen LogP contribution >= 0.6 is 0 Å². The first-order valence-corrected chi connectivity index (χ1v) is 7.62. The Morgan fingerprint density at radius 3 is 2.52 bits per heavy atom. The Kier molecular flexibility index (Phi) is 3.20. The van der Waals surface area contributed by atoms with Gasteiger partial charge in [-0.1, -0.05) is 0 Å². The van der Waals surface area contributed by atoms with Crippen LogP contribution in [0.1, 0.15) is 46.5 Å². The highest BCUT2D eigenvalue weighted by Crippen LogP contribution is 2.56. The van der Waals surface area contributed by atoms with E-state index in [2.05, 4.69) is 0 Å². The number of nitrogens with zero attached hydrogens (tertiary/aromatic N) is 1. The third kappa shape index (κ3) is 2.29. The van der Waals surface area contributed by atoms with Crippen LogP contribution < -0.4 is 0 Å². The van der Waals surface area contributed by atoms with E-state index in [1.807, 2.05) is 0 Å². The monoisotopic (exact) mass is 297 g/mol. The Balaban J connectivity index is 1.90. The van der Waals surface area contributed by atoms with Crippen molar-refractivity contribution < 1.29 is 24.2 Å². The Bertz CT molecular complexity index is 471. The van der Waals surface area contributed by atoms with Crippen molar-refractivity contribution in [1.82, 2.24) is 4.90 Å². The van der Waals surface area contributed by atoms with Crippen LogP contribution in [0.4, 0.5) is 4.79 Å². The maximum Gasteiger partial charge on any atom is 0.413 e. The molecule has 118 valence electrons. The van der Waals surface area contributed by atoms with Crippen molar-refractivity contribution in [3.8, 4) is 0 Å². The van der Waals surface area contributed by atoms with Gasteiger partial charge in [-0.05, 0) is 52.4 Å². The number of carbonyl (C=O) groups excluding carboxylic acids is 1. The zero-order valence-corrected chi connectivity index (χ0v) is 12.8. The fourth-order valence-electron chi connectivity index (χ4n) is 4.13. The van der Waals surface area contributed by atoms with Crippen molar-refractivity contribution in [2.24, 2.45) is 11.8 Å². The first-order chi connectivity index (χ1) is 9.73. The second-order valence-electron chi connectivity index (χ2n) is 7.44. The van der Waals surface area contributed by atoms with Gasteiger partial charge in [-0.3, -0.25) is 4.90 Å². The van der Waals surface area contributed by atoms with E-state index in [0.717, 1.165) is 25.7 Å². The van der Waals surface area contributed by atoms with E-state index >= 15 is 0 Å². The lowest BCUT2D eigenvalue weighted by Crippen LogP contribution is -2.57. The van der Waals surface area contributed by atoms with E-state index in [1.165, 1.54) is 4.90 Å². The third-order valence-electron chi connectivity index (χ3n) is 4.85. The zero-order chi connectivity index (χ0) is 15.4. The Hall–Kier alpha value is -1.30. The van der Waals surface area contributed by atoms with Crippen molar-refractivity contribution >= 4 is 12.1 Å². The summed E-state index contributed by atoms with van der Waals surface area (Å²) in [4.78, 5) is 25.5. The average Bonchev–Trinajstić information content (AvgIpc) is 3.00. The number of amides is 1. The molecule has 1 spiro atoms. The number of fused-ring (bicyclic) bond motifs is 3. The van der Waals surface area contributed by atoms with E-state index < -0.39 is 29.4 Å². The van der Waals surface area contributed by atoms with E-state index in [-0.39, 0.29) is 12.5 Å². The third-order valence-corrected chi connectivity index (χ3v) is 4.85. The summed E-state index contributed by atoms with van der Waals surface area (Å²) in [6.07, 6.45) is 3.33. The molecule has 4 atom stereocenters. The van der Waals surface area contributed by atoms with Gasteiger partial charge in [-0.2, -0.15) is 0 Å². The molecule has 2 saturated carbocycles. The fraction of sp³-hybridized carbons (Fsp3) is 0.867. The lowest BCUT2D eigenvalue weighted by atomic mass is 9.90. The van der Waals surface area contributed by atoms with Crippen LogP contribution in [-0.4, -0.2) is 46.0 Å². The van der Waals surface area contributed by atoms with Gasteiger partial charge >= 0.3 is 12.1 Å². The SMILES string of the molecule is CC(C)(C)OC(=O)N1C(C(=O)O)COC12CC1CCC2C1. The summed E-state index contributed by atoms with van der Waals surface area (Å²) in [5, 5.41) is 9.42. The van der Waals surface area contributed by atoms with Gasteiger partial charge in [-0.15, -0.1) is 0 Å². The summed E-state index contributed by atoms with van der Waals surface area (Å²) >= 11 is 0. The summed E-state index contributed by atoms with van der Waals surface area (Å²) in [5.41, 5.74) is -1.41. The molecule has 6 nitrogen and oxygen atoms in total. The molecule has 3 fully saturated rings. The summed E-state index contributed by atoms with van der Waals surface area (Å²) in [5.74, 6) is -0.257. The van der Waals surface area contributed by atoms with Crippen molar-refractivity contribution in [2.75, 3.05) is 6.61 Å². The predicted octanol–water partition coefficient (Wildman–Crippen LogP) is 2.22. The van der Waals surface area contributed by atoms with Crippen molar-refractivity contribution in [2.45, 2.75) is 63.8 Å². The van der Waals surface area contributed by atoms with Crippen LogP contribution in [0, 0.1) is 11.8 Å². The smallest absolute Gasteiger partial charge is 0.413 e. The molecule has 1 heterocycles. The number of hydrogen-bond donors (Lipinski definition) is 1. The van der Waals surface area contributed by atoms with Gasteiger partial charge in [0.2, 0.25) is 0 Å². The molecule has 2 aliphatic carbocycles. The summed E-state index contributed by atoms with van der Waals surface area (Å²) in [7, 11) is 0. The molecule has 1 N–H and O–H groups in total. The first-order valence-electron chi connectivity index (χ1n) is 7.62. The number of hydrogen-bond acceptors (Lipinski definition) is 4. The highest BCUT2D eigenvalue weighted by Gasteiger charge is 2.63. The normalized spacial score (nSPS) is 38.2. The molecule has 1 saturated heterocycles. The molecule has 2 bridgehead atoms. The average molecular weight is 297 g/mol. The predicted molar refractivity (Wildman–Crippen MR) is 73.6 cm³/mol. The lowest BCUT2D eigenvalue weighted by Gasteiger charge is -2.41. The summed E-state index contributed by atoms with van der Waals surface area (Å²) in [6, 6.07) is -0.945. The van der Waals surface area contributed by atoms with Gasteiger partial charge in [-0.25, -0.2) is 9.59 Å². The van der Waals surface area contributed by atoms with Crippen molar-refractivity contribution in [3.05, 3.63) is 0 Å². The van der Waals surface area contributed by atoms with Gasteiger partial charge in [0.05, 0.1) is 6.61 Å². The molecule has 1 amide bonds. The molecule has 4 unspecified atom stereocenters. The van der Waals surface area contributed by atoms with Crippen LogP contribution in [-0.2, 0) is 14.3 Å². The largest absolute Gasteiger partial charge is 0.480 e. The Morgan fingerprint density at radius 1 is 1.33 bits per heavy atom. The quantitative estimate of drug-likeness (QED) is 0.803.